The second-order valence-electron chi connectivity index (χ2n) is 5.71. The summed E-state index contributed by atoms with van der Waals surface area (Å²) in [7, 11) is 0. The Balaban J connectivity index is 1.96. The average Bonchev–Trinajstić information content (AvgIpc) is 2.95. The summed E-state index contributed by atoms with van der Waals surface area (Å²) in [6.07, 6.45) is 5.99. The van der Waals surface area contributed by atoms with Gasteiger partial charge in [0.15, 0.2) is 9.74 Å². The summed E-state index contributed by atoms with van der Waals surface area (Å²) in [6, 6.07) is 7.94. The van der Waals surface area contributed by atoms with E-state index in [9.17, 15) is 9.59 Å². The molecule has 0 bridgehead atoms. The van der Waals surface area contributed by atoms with Crippen molar-refractivity contribution < 1.29 is 9.59 Å². The fraction of sp³-hybridized carbons (Fsp3) is 0.375. The van der Waals surface area contributed by atoms with E-state index in [4.69, 9.17) is 0 Å². The zero-order chi connectivity index (χ0) is 16.7. The molecule has 7 heteroatoms. The number of aromatic nitrogens is 1. The van der Waals surface area contributed by atoms with Crippen LogP contribution in [0.4, 0.5) is 0 Å². The van der Waals surface area contributed by atoms with Crippen LogP contribution in [0.15, 0.2) is 30.5 Å². The van der Waals surface area contributed by atoms with Crippen molar-refractivity contribution in [2.45, 2.75) is 23.1 Å². The normalized spacial score (nSPS) is 27.8. The van der Waals surface area contributed by atoms with Crippen molar-refractivity contribution in [2.75, 3.05) is 12.5 Å². The van der Waals surface area contributed by atoms with Gasteiger partial charge in [0.05, 0.1) is 0 Å². The van der Waals surface area contributed by atoms with E-state index in [2.05, 4.69) is 15.6 Å². The Hall–Kier alpha value is -1.60. The first kappa shape index (κ1) is 16.3. The minimum absolute atomic E-state index is 0.160. The van der Waals surface area contributed by atoms with Crippen molar-refractivity contribution in [2.24, 2.45) is 0 Å². The Morgan fingerprint density at radius 3 is 2.48 bits per heavy atom. The summed E-state index contributed by atoms with van der Waals surface area (Å²) >= 11 is 2.68. The SMILES string of the molecule is CS[C@]1(C)NC(=O)[C@](Cc2c[nH]c3ccccc23)(SC)NC1=O. The molecule has 3 rings (SSSR count). The lowest BCUT2D eigenvalue weighted by molar-refractivity contribution is -0.138. The van der Waals surface area contributed by atoms with Gasteiger partial charge < -0.3 is 15.6 Å². The molecule has 2 heterocycles. The van der Waals surface area contributed by atoms with Crippen molar-refractivity contribution in [3.63, 3.8) is 0 Å². The predicted molar refractivity (Wildman–Crippen MR) is 96.5 cm³/mol. The van der Waals surface area contributed by atoms with E-state index in [1.807, 2.05) is 43.0 Å². The summed E-state index contributed by atoms with van der Waals surface area (Å²) in [5.41, 5.74) is 2.04. The van der Waals surface area contributed by atoms with Gasteiger partial charge >= 0.3 is 0 Å². The Morgan fingerprint density at radius 2 is 1.78 bits per heavy atom. The highest BCUT2D eigenvalue weighted by Gasteiger charge is 2.51. The number of H-pyrrole nitrogens is 1. The molecule has 2 atom stereocenters. The van der Waals surface area contributed by atoms with Crippen molar-refractivity contribution >= 4 is 46.2 Å². The van der Waals surface area contributed by atoms with Gasteiger partial charge in [0.2, 0.25) is 0 Å². The van der Waals surface area contributed by atoms with Gasteiger partial charge in [-0.05, 0) is 31.1 Å². The molecular weight excluding hydrogens is 330 g/mol. The van der Waals surface area contributed by atoms with E-state index in [0.29, 0.717) is 6.42 Å². The highest BCUT2D eigenvalue weighted by molar-refractivity contribution is 8.01. The fourth-order valence-electron chi connectivity index (χ4n) is 2.76. The van der Waals surface area contributed by atoms with E-state index >= 15 is 0 Å². The number of carbonyl (C=O) groups excluding carboxylic acids is 2. The molecule has 1 aromatic heterocycles. The van der Waals surface area contributed by atoms with Crippen molar-refractivity contribution in [3.05, 3.63) is 36.0 Å². The quantitative estimate of drug-likeness (QED) is 0.790. The number of hydrogen-bond acceptors (Lipinski definition) is 4. The third-order valence-corrected chi connectivity index (χ3v) is 6.57. The minimum atomic E-state index is -0.989. The Kier molecular flexibility index (Phi) is 4.10. The summed E-state index contributed by atoms with van der Waals surface area (Å²) in [5, 5.41) is 6.90. The highest BCUT2D eigenvalue weighted by Crippen LogP contribution is 2.34. The lowest BCUT2D eigenvalue weighted by Crippen LogP contribution is -2.72. The maximum Gasteiger partial charge on any atom is 0.258 e. The lowest BCUT2D eigenvalue weighted by Gasteiger charge is -2.42. The number of rotatable bonds is 4. The molecular formula is C16H19N3O2S2. The van der Waals surface area contributed by atoms with Crippen LogP contribution in [0, 0.1) is 0 Å². The van der Waals surface area contributed by atoms with Gasteiger partial charge in [0.25, 0.3) is 11.8 Å². The Morgan fingerprint density at radius 1 is 1.04 bits per heavy atom. The van der Waals surface area contributed by atoms with Gasteiger partial charge in [0.1, 0.15) is 0 Å². The van der Waals surface area contributed by atoms with Gasteiger partial charge in [0, 0.05) is 23.5 Å². The standard InChI is InChI=1S/C16H19N3O2S2/c1-15(22-2)13(20)19-16(23-3,14(21)18-15)8-10-9-17-12-7-5-4-6-11(10)12/h4-7,9,17H,8H2,1-3H3,(H,18,21)(H,19,20)/t15-,16-/m0/s1. The predicted octanol–water partition coefficient (Wildman–Crippen LogP) is 2.09. The van der Waals surface area contributed by atoms with Crippen LogP contribution in [-0.2, 0) is 16.0 Å². The average molecular weight is 349 g/mol. The molecule has 0 unspecified atom stereocenters. The van der Waals surface area contributed by atoms with Crippen molar-refractivity contribution in [1.82, 2.24) is 15.6 Å². The molecule has 1 aliphatic rings. The lowest BCUT2D eigenvalue weighted by atomic mass is 10.0. The van der Waals surface area contributed by atoms with Crippen LogP contribution in [0.25, 0.3) is 10.9 Å². The molecule has 3 N–H and O–H groups in total. The second-order valence-corrected chi connectivity index (χ2v) is 8.04. The second kappa shape index (κ2) is 5.79. The van der Waals surface area contributed by atoms with Gasteiger partial charge in [-0.3, -0.25) is 9.59 Å². The third-order valence-electron chi connectivity index (χ3n) is 4.34. The van der Waals surface area contributed by atoms with Gasteiger partial charge in [-0.1, -0.05) is 18.2 Å². The molecule has 1 saturated heterocycles. The zero-order valence-electron chi connectivity index (χ0n) is 13.2. The molecule has 23 heavy (non-hydrogen) atoms. The molecule has 122 valence electrons. The number of piperazine rings is 1. The largest absolute Gasteiger partial charge is 0.361 e. The van der Waals surface area contributed by atoms with Gasteiger partial charge in [-0.2, -0.15) is 0 Å². The molecule has 0 spiro atoms. The Bertz CT molecular complexity index is 776. The van der Waals surface area contributed by atoms with Crippen LogP contribution in [0.5, 0.6) is 0 Å². The van der Waals surface area contributed by atoms with Crippen LogP contribution in [0.2, 0.25) is 0 Å². The summed E-state index contributed by atoms with van der Waals surface area (Å²) in [6.45, 7) is 1.72. The summed E-state index contributed by atoms with van der Waals surface area (Å²) in [5.74, 6) is -0.328. The fourth-order valence-corrected chi connectivity index (χ4v) is 3.93. The first-order valence-electron chi connectivity index (χ1n) is 7.24. The van der Waals surface area contributed by atoms with E-state index in [1.165, 1.54) is 23.5 Å². The van der Waals surface area contributed by atoms with E-state index in [0.717, 1.165) is 16.5 Å². The minimum Gasteiger partial charge on any atom is -0.361 e. The summed E-state index contributed by atoms with van der Waals surface area (Å²) < 4.78 is 0. The highest BCUT2D eigenvalue weighted by atomic mass is 32.2. The first-order valence-corrected chi connectivity index (χ1v) is 9.69. The molecule has 1 fully saturated rings. The maximum atomic E-state index is 12.8. The maximum absolute atomic E-state index is 12.8. The molecule has 1 aliphatic heterocycles. The van der Waals surface area contributed by atoms with E-state index in [1.54, 1.807) is 6.92 Å². The zero-order valence-corrected chi connectivity index (χ0v) is 14.9. The molecule has 0 aliphatic carbocycles. The number of hydrogen-bond donors (Lipinski definition) is 3. The van der Waals surface area contributed by atoms with Crippen LogP contribution >= 0.6 is 23.5 Å². The number of nitrogens with one attached hydrogen (secondary N) is 3. The van der Waals surface area contributed by atoms with Crippen LogP contribution < -0.4 is 10.6 Å². The van der Waals surface area contributed by atoms with E-state index in [-0.39, 0.29) is 11.8 Å². The molecule has 0 radical (unpaired) electrons. The third kappa shape index (κ3) is 2.61. The number of benzene rings is 1. The van der Waals surface area contributed by atoms with Gasteiger partial charge in [-0.15, -0.1) is 23.5 Å². The van der Waals surface area contributed by atoms with Crippen LogP contribution in [0.1, 0.15) is 12.5 Å². The Labute approximate surface area is 143 Å². The summed E-state index contributed by atoms with van der Waals surface area (Å²) in [4.78, 5) is 26.6. The molecule has 1 aromatic carbocycles. The van der Waals surface area contributed by atoms with Gasteiger partial charge in [-0.25, -0.2) is 0 Å². The molecule has 5 nitrogen and oxygen atoms in total. The topological polar surface area (TPSA) is 74.0 Å². The van der Waals surface area contributed by atoms with Crippen molar-refractivity contribution in [3.8, 4) is 0 Å². The number of carbonyl (C=O) groups is 2. The van der Waals surface area contributed by atoms with Crippen molar-refractivity contribution in [1.29, 1.82) is 0 Å². The van der Waals surface area contributed by atoms with Crippen LogP contribution in [-0.4, -0.2) is 39.1 Å². The number of aromatic amines is 1. The monoisotopic (exact) mass is 349 g/mol. The number of amides is 2. The first-order chi connectivity index (χ1) is 10.9. The van der Waals surface area contributed by atoms with Crippen LogP contribution in [0.3, 0.4) is 0 Å². The smallest absolute Gasteiger partial charge is 0.258 e. The number of thioether (sulfide) groups is 2. The molecule has 2 aromatic rings. The number of fused-ring (bicyclic) bond motifs is 1. The van der Waals surface area contributed by atoms with E-state index < -0.39 is 9.74 Å². The number of para-hydroxylation sites is 1. The molecule has 2 amide bonds. The molecule has 0 saturated carbocycles.